The standard InChI is InChI=1S/C22H29NO4Si/c1-5-11-23-12-10-21-18-14-6-7-16(27-28(2,3)4)19(18)26-20(21)15(24)8-9-22(21,25)17(23)13-14/h5-7,17,20,25H,1,8-13H2,2-4H3. The Morgan fingerprint density at radius 1 is 1.39 bits per heavy atom. The molecular formula is C22H29NO4Si. The first kappa shape index (κ1) is 18.4. The molecule has 1 spiro atoms. The van der Waals surface area contributed by atoms with Crippen LogP contribution in [0.15, 0.2) is 24.8 Å². The molecule has 2 aliphatic carbocycles. The Labute approximate surface area is 167 Å². The van der Waals surface area contributed by atoms with Gasteiger partial charge in [0.1, 0.15) is 5.75 Å². The molecule has 0 aromatic heterocycles. The third-order valence-corrected chi connectivity index (χ3v) is 7.97. The number of hydrogen-bond donors (Lipinski definition) is 1. The first-order chi connectivity index (χ1) is 13.2. The lowest BCUT2D eigenvalue weighted by molar-refractivity contribution is -0.187. The molecule has 0 amide bonds. The van der Waals surface area contributed by atoms with Gasteiger partial charge in [0.2, 0.25) is 8.32 Å². The van der Waals surface area contributed by atoms with Crippen LogP contribution >= 0.6 is 0 Å². The maximum absolute atomic E-state index is 13.0. The molecule has 0 radical (unpaired) electrons. The van der Waals surface area contributed by atoms with E-state index in [9.17, 15) is 9.90 Å². The normalized spacial score (nSPS) is 35.9. The Morgan fingerprint density at radius 2 is 2.18 bits per heavy atom. The summed E-state index contributed by atoms with van der Waals surface area (Å²) in [5.74, 6) is 1.57. The predicted molar refractivity (Wildman–Crippen MR) is 110 cm³/mol. The summed E-state index contributed by atoms with van der Waals surface area (Å²) in [5, 5.41) is 12.1. The third-order valence-electron chi connectivity index (χ3n) is 7.13. The quantitative estimate of drug-likeness (QED) is 0.623. The van der Waals surface area contributed by atoms with E-state index in [-0.39, 0.29) is 11.8 Å². The zero-order chi connectivity index (χ0) is 19.9. The molecule has 4 aliphatic rings. The molecule has 4 unspecified atom stereocenters. The second kappa shape index (κ2) is 5.71. The molecule has 5 nitrogen and oxygen atoms in total. The summed E-state index contributed by atoms with van der Waals surface area (Å²) >= 11 is 0. The van der Waals surface area contributed by atoms with Gasteiger partial charge >= 0.3 is 0 Å². The monoisotopic (exact) mass is 399 g/mol. The van der Waals surface area contributed by atoms with Gasteiger partial charge in [-0.15, -0.1) is 6.58 Å². The second-order valence-corrected chi connectivity index (χ2v) is 14.2. The van der Waals surface area contributed by atoms with Gasteiger partial charge in [-0.2, -0.15) is 0 Å². The van der Waals surface area contributed by atoms with Crippen LogP contribution in [0.1, 0.15) is 30.4 Å². The van der Waals surface area contributed by atoms with Crippen LogP contribution in [0.3, 0.4) is 0 Å². The zero-order valence-corrected chi connectivity index (χ0v) is 18.0. The number of likely N-dealkylation sites (tertiary alicyclic amines) is 1. The average molecular weight is 400 g/mol. The highest BCUT2D eigenvalue weighted by atomic mass is 28.4. The zero-order valence-electron chi connectivity index (χ0n) is 17.0. The van der Waals surface area contributed by atoms with Crippen LogP contribution in [0, 0.1) is 0 Å². The molecule has 1 aromatic rings. The van der Waals surface area contributed by atoms with Gasteiger partial charge in [0.25, 0.3) is 0 Å². The van der Waals surface area contributed by atoms with Crippen LogP contribution in [0.5, 0.6) is 11.5 Å². The molecule has 2 bridgehead atoms. The van der Waals surface area contributed by atoms with Gasteiger partial charge < -0.3 is 14.3 Å². The van der Waals surface area contributed by atoms with E-state index in [2.05, 4.69) is 37.2 Å². The fourth-order valence-corrected chi connectivity index (χ4v) is 7.02. The first-order valence-corrected chi connectivity index (χ1v) is 13.7. The highest BCUT2D eigenvalue weighted by Gasteiger charge is 2.73. The van der Waals surface area contributed by atoms with E-state index in [1.807, 2.05) is 12.1 Å². The summed E-state index contributed by atoms with van der Waals surface area (Å²) < 4.78 is 12.7. The van der Waals surface area contributed by atoms with Crippen LogP contribution < -0.4 is 9.16 Å². The highest BCUT2D eigenvalue weighted by Crippen LogP contribution is 2.64. The largest absolute Gasteiger partial charge is 0.542 e. The van der Waals surface area contributed by atoms with Gasteiger partial charge in [-0.05, 0) is 50.5 Å². The number of piperidine rings is 1. The van der Waals surface area contributed by atoms with Crippen LogP contribution in [0.2, 0.25) is 19.6 Å². The topological polar surface area (TPSA) is 59.0 Å². The fraction of sp³-hybridized carbons (Fsp3) is 0.591. The Hall–Kier alpha value is -1.63. The Balaban J connectivity index is 1.73. The maximum atomic E-state index is 13.0. The van der Waals surface area contributed by atoms with Crippen molar-refractivity contribution in [2.75, 3.05) is 13.1 Å². The SMILES string of the molecule is C=CCN1CCC23c4c5ccc(O[Si](C)(C)C)c4OC2C(=O)CCC3(O)C1C5. The van der Waals surface area contributed by atoms with Crippen molar-refractivity contribution in [3.05, 3.63) is 35.9 Å². The lowest BCUT2D eigenvalue weighted by Gasteiger charge is -2.62. The molecule has 28 heavy (non-hydrogen) atoms. The lowest BCUT2D eigenvalue weighted by atomic mass is 9.49. The van der Waals surface area contributed by atoms with Gasteiger partial charge in [-0.25, -0.2) is 0 Å². The number of hydrogen-bond acceptors (Lipinski definition) is 5. The number of Topliss-reactive ketones (excluding diaryl/α,β-unsaturated/α-hetero) is 1. The molecule has 4 atom stereocenters. The van der Waals surface area contributed by atoms with Crippen molar-refractivity contribution in [2.45, 2.75) is 68.5 Å². The summed E-state index contributed by atoms with van der Waals surface area (Å²) in [6.07, 6.45) is 3.67. The predicted octanol–water partition coefficient (Wildman–Crippen LogP) is 2.81. The summed E-state index contributed by atoms with van der Waals surface area (Å²) in [5.41, 5.74) is 0.645. The smallest absolute Gasteiger partial charge is 0.242 e. The Kier molecular flexibility index (Phi) is 3.75. The molecular weight excluding hydrogens is 370 g/mol. The minimum absolute atomic E-state index is 0.0133. The van der Waals surface area contributed by atoms with Crippen molar-refractivity contribution in [1.82, 2.24) is 4.90 Å². The number of nitrogens with zero attached hydrogens (tertiary/aromatic N) is 1. The molecule has 1 aromatic carbocycles. The molecule has 2 heterocycles. The molecule has 2 fully saturated rings. The van der Waals surface area contributed by atoms with Gasteiger partial charge in [0.05, 0.1) is 11.0 Å². The Morgan fingerprint density at radius 3 is 2.89 bits per heavy atom. The van der Waals surface area contributed by atoms with Crippen LogP contribution in [0.4, 0.5) is 0 Å². The third kappa shape index (κ3) is 2.17. The molecule has 2 aliphatic heterocycles. The summed E-state index contributed by atoms with van der Waals surface area (Å²) in [6, 6.07) is 4.12. The van der Waals surface area contributed by atoms with Crippen molar-refractivity contribution in [2.24, 2.45) is 0 Å². The lowest BCUT2D eigenvalue weighted by Crippen LogP contribution is -2.76. The van der Waals surface area contributed by atoms with Crippen molar-refractivity contribution < 1.29 is 19.1 Å². The molecule has 6 heteroatoms. The van der Waals surface area contributed by atoms with Gasteiger partial charge in [0.15, 0.2) is 17.6 Å². The number of carbonyl (C=O) groups excluding carboxylic acids is 1. The first-order valence-electron chi connectivity index (χ1n) is 10.3. The number of rotatable bonds is 4. The molecule has 1 saturated heterocycles. The van der Waals surface area contributed by atoms with E-state index in [1.54, 1.807) is 0 Å². The summed E-state index contributed by atoms with van der Waals surface area (Å²) in [6.45, 7) is 11.9. The van der Waals surface area contributed by atoms with Gasteiger partial charge in [-0.1, -0.05) is 12.1 Å². The number of ketones is 1. The van der Waals surface area contributed by atoms with Crippen LogP contribution in [-0.2, 0) is 16.6 Å². The molecule has 150 valence electrons. The fourth-order valence-electron chi connectivity index (χ4n) is 6.20. The molecule has 1 saturated carbocycles. The highest BCUT2D eigenvalue weighted by molar-refractivity contribution is 6.70. The molecule has 5 rings (SSSR count). The molecule has 1 N–H and O–H groups in total. The van der Waals surface area contributed by atoms with Crippen molar-refractivity contribution in [1.29, 1.82) is 0 Å². The number of aliphatic hydroxyl groups is 1. The van der Waals surface area contributed by atoms with Gasteiger partial charge in [-0.3, -0.25) is 9.69 Å². The van der Waals surface area contributed by atoms with Crippen LogP contribution in [0.25, 0.3) is 0 Å². The van der Waals surface area contributed by atoms with E-state index < -0.39 is 25.4 Å². The maximum Gasteiger partial charge on any atom is 0.242 e. The van der Waals surface area contributed by atoms with Crippen molar-refractivity contribution in [3.63, 3.8) is 0 Å². The minimum Gasteiger partial charge on any atom is -0.542 e. The second-order valence-electron chi connectivity index (χ2n) is 9.75. The van der Waals surface area contributed by atoms with E-state index in [0.717, 1.165) is 37.2 Å². The Bertz CT molecular complexity index is 878. The van der Waals surface area contributed by atoms with E-state index in [0.29, 0.717) is 18.6 Å². The summed E-state index contributed by atoms with van der Waals surface area (Å²) in [7, 11) is -1.84. The van der Waals surface area contributed by atoms with E-state index >= 15 is 0 Å². The van der Waals surface area contributed by atoms with E-state index in [1.165, 1.54) is 5.56 Å². The number of ether oxygens (including phenoxy) is 1. The number of benzene rings is 1. The van der Waals surface area contributed by atoms with E-state index in [4.69, 9.17) is 9.16 Å². The minimum atomic E-state index is -1.84. The van der Waals surface area contributed by atoms with Crippen molar-refractivity contribution in [3.8, 4) is 11.5 Å². The van der Waals surface area contributed by atoms with Crippen molar-refractivity contribution >= 4 is 14.1 Å². The summed E-state index contributed by atoms with van der Waals surface area (Å²) in [4.78, 5) is 15.3. The average Bonchev–Trinajstić information content (AvgIpc) is 2.97. The van der Waals surface area contributed by atoms with Gasteiger partial charge in [0, 0.05) is 31.1 Å². The van der Waals surface area contributed by atoms with Crippen LogP contribution in [-0.4, -0.2) is 54.9 Å². The number of carbonyl (C=O) groups is 1.